The van der Waals surface area contributed by atoms with Gasteiger partial charge in [0.1, 0.15) is 5.82 Å². The zero-order valence-corrected chi connectivity index (χ0v) is 21.0. The van der Waals surface area contributed by atoms with Gasteiger partial charge in [0.25, 0.3) is 0 Å². The normalized spacial score (nSPS) is 15.2. The minimum Gasteiger partial charge on any atom is -0.315 e. The number of rotatable bonds is 6. The molecule has 0 radical (unpaired) electrons. The van der Waals surface area contributed by atoms with Crippen molar-refractivity contribution in [3.05, 3.63) is 94.8 Å². The van der Waals surface area contributed by atoms with Gasteiger partial charge in [0.15, 0.2) is 0 Å². The van der Waals surface area contributed by atoms with Crippen LogP contribution in [0, 0.1) is 5.82 Å². The van der Waals surface area contributed by atoms with Gasteiger partial charge in [-0.1, -0.05) is 54.1 Å². The van der Waals surface area contributed by atoms with Crippen LogP contribution in [-0.4, -0.2) is 37.5 Å². The van der Waals surface area contributed by atoms with Gasteiger partial charge in [-0.25, -0.2) is 4.39 Å². The summed E-state index contributed by atoms with van der Waals surface area (Å²) in [6.45, 7) is 3.55. The molecular formula is C30H32ClFN2O. The predicted molar refractivity (Wildman–Crippen MR) is 145 cm³/mol. The van der Waals surface area contributed by atoms with Crippen LogP contribution in [0.25, 0.3) is 17.2 Å². The topological polar surface area (TPSA) is 23.6 Å². The first-order chi connectivity index (χ1) is 16.5. The van der Waals surface area contributed by atoms with Crippen molar-refractivity contribution in [2.45, 2.75) is 32.1 Å². The summed E-state index contributed by atoms with van der Waals surface area (Å²) < 4.78 is 13.2. The first-order valence-corrected chi connectivity index (χ1v) is 12.2. The molecule has 1 saturated heterocycles. The maximum atomic E-state index is 13.2. The molecule has 1 aliphatic heterocycles. The lowest BCUT2D eigenvalue weighted by Gasteiger charge is -2.24. The van der Waals surface area contributed by atoms with Crippen LogP contribution in [0.15, 0.2) is 72.3 Å². The predicted octanol–water partition coefficient (Wildman–Crippen LogP) is 6.55. The lowest BCUT2D eigenvalue weighted by molar-refractivity contribution is -0.117. The average Bonchev–Trinajstić information content (AvgIpc) is 3.37. The van der Waals surface area contributed by atoms with E-state index in [1.807, 2.05) is 31.3 Å². The van der Waals surface area contributed by atoms with Crippen LogP contribution in [0.2, 0.25) is 0 Å². The molecule has 0 spiro atoms. The Kier molecular flexibility index (Phi) is 8.04. The van der Waals surface area contributed by atoms with Gasteiger partial charge in [-0.15, -0.1) is 12.4 Å². The summed E-state index contributed by atoms with van der Waals surface area (Å²) in [6, 6.07) is 20.8. The summed E-state index contributed by atoms with van der Waals surface area (Å²) in [4.78, 5) is 17.3. The second-order valence-corrected chi connectivity index (χ2v) is 9.50. The number of anilines is 1. The van der Waals surface area contributed by atoms with Crippen molar-refractivity contribution in [1.82, 2.24) is 4.90 Å². The van der Waals surface area contributed by atoms with Crippen molar-refractivity contribution in [3.63, 3.8) is 0 Å². The van der Waals surface area contributed by atoms with Gasteiger partial charge < -0.3 is 4.90 Å². The molecule has 35 heavy (non-hydrogen) atoms. The zero-order chi connectivity index (χ0) is 23.5. The van der Waals surface area contributed by atoms with Crippen molar-refractivity contribution >= 4 is 30.1 Å². The average molecular weight is 491 g/mol. The van der Waals surface area contributed by atoms with Gasteiger partial charge in [-0.2, -0.15) is 0 Å². The Morgan fingerprint density at radius 1 is 0.914 bits per heavy atom. The number of halogens is 2. The number of benzene rings is 3. The Balaban J connectivity index is 0.00000289. The largest absolute Gasteiger partial charge is 0.315 e. The van der Waals surface area contributed by atoms with Crippen LogP contribution in [0.3, 0.4) is 0 Å². The van der Waals surface area contributed by atoms with Gasteiger partial charge in [0.05, 0.1) is 6.42 Å². The Labute approximate surface area is 213 Å². The molecule has 1 amide bonds. The van der Waals surface area contributed by atoms with Crippen LogP contribution >= 0.6 is 12.4 Å². The summed E-state index contributed by atoms with van der Waals surface area (Å²) in [5.41, 5.74) is 8.03. The highest BCUT2D eigenvalue weighted by atomic mass is 35.5. The van der Waals surface area contributed by atoms with E-state index >= 15 is 0 Å². The lowest BCUT2D eigenvalue weighted by atomic mass is 9.91. The van der Waals surface area contributed by atoms with Crippen LogP contribution in [0.1, 0.15) is 36.0 Å². The number of aryl methyl sites for hydroxylation is 1. The Morgan fingerprint density at radius 3 is 2.26 bits per heavy atom. The molecule has 3 aromatic rings. The molecule has 0 bridgehead atoms. The number of hydrogen-bond acceptors (Lipinski definition) is 2. The number of carbonyl (C=O) groups is 1. The quantitative estimate of drug-likeness (QED) is 0.391. The summed E-state index contributed by atoms with van der Waals surface area (Å²) >= 11 is 0. The van der Waals surface area contributed by atoms with E-state index in [1.165, 1.54) is 54.8 Å². The van der Waals surface area contributed by atoms with E-state index in [1.54, 1.807) is 17.0 Å². The summed E-state index contributed by atoms with van der Waals surface area (Å²) in [5, 5.41) is 0. The zero-order valence-electron chi connectivity index (χ0n) is 20.2. The van der Waals surface area contributed by atoms with Gasteiger partial charge in [-0.05, 0) is 90.9 Å². The van der Waals surface area contributed by atoms with E-state index in [0.717, 1.165) is 41.8 Å². The Morgan fingerprint density at radius 2 is 1.57 bits per heavy atom. The second kappa shape index (κ2) is 11.2. The van der Waals surface area contributed by atoms with E-state index in [9.17, 15) is 9.18 Å². The monoisotopic (exact) mass is 490 g/mol. The molecule has 3 aromatic carbocycles. The summed E-state index contributed by atoms with van der Waals surface area (Å²) in [5.74, 6) is -0.176. The highest BCUT2D eigenvalue weighted by molar-refractivity contribution is 5.94. The fourth-order valence-electron chi connectivity index (χ4n) is 4.99. The molecule has 182 valence electrons. The molecule has 1 heterocycles. The van der Waals surface area contributed by atoms with Crippen LogP contribution in [0.4, 0.5) is 10.1 Å². The van der Waals surface area contributed by atoms with Gasteiger partial charge in [-0.3, -0.25) is 9.69 Å². The molecule has 1 aliphatic carbocycles. The first-order valence-electron chi connectivity index (χ1n) is 12.2. The molecule has 0 N–H and O–H groups in total. The number of fused-ring (bicyclic) bond motifs is 1. The number of likely N-dealkylation sites (tertiary alicyclic amines) is 1. The first kappa shape index (κ1) is 25.2. The fourth-order valence-corrected chi connectivity index (χ4v) is 4.99. The van der Waals surface area contributed by atoms with Crippen molar-refractivity contribution < 1.29 is 9.18 Å². The molecule has 2 aliphatic rings. The summed E-state index contributed by atoms with van der Waals surface area (Å²) in [7, 11) is 1.86. The van der Waals surface area contributed by atoms with Crippen LogP contribution < -0.4 is 4.90 Å². The number of nitrogens with zero attached hydrogens (tertiary/aromatic N) is 2. The highest BCUT2D eigenvalue weighted by Crippen LogP contribution is 2.29. The Hall–Kier alpha value is -2.95. The molecule has 0 atom stereocenters. The van der Waals surface area contributed by atoms with E-state index in [4.69, 9.17) is 0 Å². The van der Waals surface area contributed by atoms with Gasteiger partial charge in [0.2, 0.25) is 5.91 Å². The smallest absolute Gasteiger partial charge is 0.231 e. The molecule has 0 saturated carbocycles. The fraction of sp³-hybridized carbons (Fsp3) is 0.300. The van der Waals surface area contributed by atoms with E-state index < -0.39 is 0 Å². The summed E-state index contributed by atoms with van der Waals surface area (Å²) in [6.07, 6.45) is 7.49. The Bertz CT molecular complexity index is 1200. The standard InChI is InChI=1S/C30H31FN2O.ClH/c1-32(30(34)19-22-4-7-24(8-5-22)25-10-13-28(31)14-11-25)29-15-12-26-18-23(6-9-27(26)20-29)21-33-16-2-3-17-33;/h4-5,7-8,10-15,18,20H,2-3,6,9,16-17,19,21H2,1H3;1H. The molecular weight excluding hydrogens is 459 g/mol. The van der Waals surface area contributed by atoms with Crippen molar-refractivity contribution in [1.29, 1.82) is 0 Å². The minimum atomic E-state index is -0.241. The number of likely N-dealkylation sites (N-methyl/N-ethyl adjacent to an activating group) is 1. The molecule has 5 heteroatoms. The van der Waals surface area contributed by atoms with Crippen molar-refractivity contribution in [2.24, 2.45) is 0 Å². The number of carbonyl (C=O) groups excluding carboxylic acids is 1. The minimum absolute atomic E-state index is 0. The lowest BCUT2D eigenvalue weighted by Crippen LogP contribution is -2.28. The third-order valence-corrected chi connectivity index (χ3v) is 7.08. The maximum absolute atomic E-state index is 13.2. The molecule has 3 nitrogen and oxygen atoms in total. The SMILES string of the molecule is CN(C(=O)Cc1ccc(-c2ccc(F)cc2)cc1)c1ccc2c(c1)CCC(CN1CCCC1)=C2.Cl. The molecule has 0 aromatic heterocycles. The van der Waals surface area contributed by atoms with E-state index in [2.05, 4.69) is 29.2 Å². The van der Waals surface area contributed by atoms with E-state index in [-0.39, 0.29) is 24.1 Å². The highest BCUT2D eigenvalue weighted by Gasteiger charge is 2.18. The third-order valence-electron chi connectivity index (χ3n) is 7.08. The maximum Gasteiger partial charge on any atom is 0.231 e. The molecule has 5 rings (SSSR count). The van der Waals surface area contributed by atoms with Crippen molar-refractivity contribution in [3.8, 4) is 11.1 Å². The van der Waals surface area contributed by atoms with Gasteiger partial charge in [0, 0.05) is 19.3 Å². The number of hydrogen-bond donors (Lipinski definition) is 0. The molecule has 1 fully saturated rings. The van der Waals surface area contributed by atoms with Crippen molar-refractivity contribution in [2.75, 3.05) is 31.6 Å². The van der Waals surface area contributed by atoms with E-state index in [0.29, 0.717) is 6.42 Å². The van der Waals surface area contributed by atoms with Gasteiger partial charge >= 0.3 is 0 Å². The van der Waals surface area contributed by atoms with Crippen LogP contribution in [-0.2, 0) is 17.6 Å². The third kappa shape index (κ3) is 6.01. The van der Waals surface area contributed by atoms with Crippen LogP contribution in [0.5, 0.6) is 0 Å². The number of amides is 1. The second-order valence-electron chi connectivity index (χ2n) is 9.50. The molecule has 0 unspecified atom stereocenters.